The summed E-state index contributed by atoms with van der Waals surface area (Å²) in [7, 11) is 0. The minimum absolute atomic E-state index is 0.671. The molecule has 0 spiro atoms. The molecular weight excluding hydrogens is 132 g/mol. The molecule has 0 heteroatoms. The highest BCUT2D eigenvalue weighted by molar-refractivity contribution is 5.14. The van der Waals surface area contributed by atoms with Crippen LogP contribution in [0.2, 0.25) is 0 Å². The van der Waals surface area contributed by atoms with Crippen LogP contribution in [-0.4, -0.2) is 0 Å². The average Bonchev–Trinajstić information content (AvgIpc) is 2.54. The van der Waals surface area contributed by atoms with Gasteiger partial charge in [0.2, 0.25) is 0 Å². The van der Waals surface area contributed by atoms with E-state index >= 15 is 0 Å². The van der Waals surface area contributed by atoms with Crippen molar-refractivity contribution in [1.82, 2.24) is 0 Å². The summed E-state index contributed by atoms with van der Waals surface area (Å²) in [6.07, 6.45) is 4.50. The lowest BCUT2D eigenvalue weighted by Gasteiger charge is -2.18. The molecule has 2 aliphatic carbocycles. The fourth-order valence-electron chi connectivity index (χ4n) is 3.31. The predicted octanol–water partition coefficient (Wildman–Crippen LogP) is 3.47. The van der Waals surface area contributed by atoms with Crippen LogP contribution in [-0.2, 0) is 0 Å². The van der Waals surface area contributed by atoms with E-state index in [2.05, 4.69) is 27.7 Å². The van der Waals surface area contributed by atoms with Crippen LogP contribution in [0.15, 0.2) is 0 Å². The summed E-state index contributed by atoms with van der Waals surface area (Å²) in [4.78, 5) is 0. The van der Waals surface area contributed by atoms with E-state index in [0.29, 0.717) is 5.41 Å². The van der Waals surface area contributed by atoms with Crippen molar-refractivity contribution in [3.05, 3.63) is 0 Å². The fourth-order valence-corrected chi connectivity index (χ4v) is 3.31. The van der Waals surface area contributed by atoms with Crippen LogP contribution in [0.25, 0.3) is 0 Å². The first-order chi connectivity index (χ1) is 4.99. The van der Waals surface area contributed by atoms with E-state index < -0.39 is 0 Å². The molecule has 64 valence electrons. The Bertz CT molecular complexity index is 178. The van der Waals surface area contributed by atoms with Crippen molar-refractivity contribution in [2.45, 2.75) is 47.0 Å². The first-order valence-electron chi connectivity index (χ1n) is 4.99. The Morgan fingerprint density at radius 3 is 2.00 bits per heavy atom. The van der Waals surface area contributed by atoms with Crippen molar-refractivity contribution in [1.29, 1.82) is 0 Å². The van der Waals surface area contributed by atoms with Gasteiger partial charge in [0.15, 0.2) is 0 Å². The quantitative estimate of drug-likeness (QED) is 0.539. The molecule has 0 amide bonds. The van der Waals surface area contributed by atoms with Gasteiger partial charge >= 0.3 is 0 Å². The smallest absolute Gasteiger partial charge is 0.0238 e. The van der Waals surface area contributed by atoms with Gasteiger partial charge in [-0.1, -0.05) is 27.7 Å². The fraction of sp³-hybridized carbons (Fsp3) is 1.00. The van der Waals surface area contributed by atoms with Crippen LogP contribution < -0.4 is 0 Å². The topological polar surface area (TPSA) is 0 Å². The third-order valence-electron chi connectivity index (χ3n) is 4.45. The van der Waals surface area contributed by atoms with Gasteiger partial charge in [0.05, 0.1) is 0 Å². The Morgan fingerprint density at radius 2 is 1.82 bits per heavy atom. The highest BCUT2D eigenvalue weighted by Gasteiger charge is 2.65. The van der Waals surface area contributed by atoms with Crippen molar-refractivity contribution in [2.24, 2.45) is 22.7 Å². The Hall–Kier alpha value is 0. The summed E-state index contributed by atoms with van der Waals surface area (Å²) in [5.74, 6) is 1.99. The number of hydrogen-bond donors (Lipinski definition) is 0. The second kappa shape index (κ2) is 1.84. The predicted molar refractivity (Wildman–Crippen MR) is 48.4 cm³/mol. The Kier molecular flexibility index (Phi) is 1.28. The molecule has 2 saturated carbocycles. The molecule has 0 radical (unpaired) electrons. The maximum absolute atomic E-state index is 2.45. The standard InChI is InChI=1S/C11H20/c1-8(2)11-6-5-10(3,4)9(11)7-11/h8-9H,5-7H2,1-4H3. The summed E-state index contributed by atoms with van der Waals surface area (Å²) in [6.45, 7) is 9.71. The summed E-state index contributed by atoms with van der Waals surface area (Å²) >= 11 is 0. The molecule has 2 unspecified atom stereocenters. The van der Waals surface area contributed by atoms with Gasteiger partial charge < -0.3 is 0 Å². The molecule has 2 atom stereocenters. The highest BCUT2D eigenvalue weighted by Crippen LogP contribution is 2.73. The van der Waals surface area contributed by atoms with Crippen molar-refractivity contribution >= 4 is 0 Å². The van der Waals surface area contributed by atoms with Crippen molar-refractivity contribution in [2.75, 3.05) is 0 Å². The number of rotatable bonds is 1. The summed E-state index contributed by atoms with van der Waals surface area (Å²) in [5, 5.41) is 0. The third-order valence-corrected chi connectivity index (χ3v) is 4.45. The van der Waals surface area contributed by atoms with E-state index in [-0.39, 0.29) is 0 Å². The van der Waals surface area contributed by atoms with Gasteiger partial charge in [-0.3, -0.25) is 0 Å². The highest BCUT2D eigenvalue weighted by atomic mass is 14.7. The van der Waals surface area contributed by atoms with Crippen LogP contribution in [0.3, 0.4) is 0 Å². The average molecular weight is 152 g/mol. The Balaban J connectivity index is 2.17. The lowest BCUT2D eigenvalue weighted by Crippen LogP contribution is -2.11. The normalized spacial score (nSPS) is 46.1. The molecule has 0 aromatic heterocycles. The number of hydrogen-bond acceptors (Lipinski definition) is 0. The second-order valence-electron chi connectivity index (χ2n) is 5.63. The summed E-state index contributed by atoms with van der Waals surface area (Å²) in [5.41, 5.74) is 1.47. The lowest BCUT2D eigenvalue weighted by molar-refractivity contribution is 0.308. The van der Waals surface area contributed by atoms with Crippen LogP contribution >= 0.6 is 0 Å². The minimum atomic E-state index is 0.671. The third kappa shape index (κ3) is 0.816. The monoisotopic (exact) mass is 152 g/mol. The molecule has 0 aromatic rings. The molecule has 0 aliphatic heterocycles. The van der Waals surface area contributed by atoms with Crippen molar-refractivity contribution in [3.8, 4) is 0 Å². The zero-order chi connectivity index (χ0) is 8.28. The molecule has 11 heavy (non-hydrogen) atoms. The summed E-state index contributed by atoms with van der Waals surface area (Å²) in [6, 6.07) is 0. The molecule has 0 saturated heterocycles. The zero-order valence-corrected chi connectivity index (χ0v) is 8.28. The van der Waals surface area contributed by atoms with Crippen LogP contribution in [0.5, 0.6) is 0 Å². The van der Waals surface area contributed by atoms with Crippen LogP contribution in [0.4, 0.5) is 0 Å². The SMILES string of the molecule is CC(C)C12CCC(C)(C)C1C2. The molecule has 2 fully saturated rings. The van der Waals surface area contributed by atoms with Crippen molar-refractivity contribution in [3.63, 3.8) is 0 Å². The largest absolute Gasteiger partial charge is 0.0622 e. The van der Waals surface area contributed by atoms with Crippen LogP contribution in [0.1, 0.15) is 47.0 Å². The van der Waals surface area contributed by atoms with Gasteiger partial charge in [-0.25, -0.2) is 0 Å². The summed E-state index contributed by atoms with van der Waals surface area (Å²) < 4.78 is 0. The van der Waals surface area contributed by atoms with E-state index in [9.17, 15) is 0 Å². The first kappa shape index (κ1) is 7.64. The van der Waals surface area contributed by atoms with E-state index in [1.165, 1.54) is 19.3 Å². The number of fused-ring (bicyclic) bond motifs is 1. The molecule has 0 aromatic carbocycles. The van der Waals surface area contributed by atoms with Gasteiger partial charge in [-0.15, -0.1) is 0 Å². The molecule has 2 aliphatic rings. The van der Waals surface area contributed by atoms with Gasteiger partial charge in [-0.05, 0) is 41.9 Å². The van der Waals surface area contributed by atoms with Gasteiger partial charge in [0.1, 0.15) is 0 Å². The Labute approximate surface area is 70.4 Å². The molecule has 0 bridgehead atoms. The van der Waals surface area contributed by atoms with Gasteiger partial charge in [0.25, 0.3) is 0 Å². The Morgan fingerprint density at radius 1 is 1.18 bits per heavy atom. The van der Waals surface area contributed by atoms with E-state index in [1.807, 2.05) is 0 Å². The van der Waals surface area contributed by atoms with E-state index in [4.69, 9.17) is 0 Å². The van der Waals surface area contributed by atoms with E-state index in [0.717, 1.165) is 17.3 Å². The molecule has 2 rings (SSSR count). The second-order valence-corrected chi connectivity index (χ2v) is 5.63. The maximum atomic E-state index is 2.45. The van der Waals surface area contributed by atoms with Gasteiger partial charge in [0, 0.05) is 0 Å². The van der Waals surface area contributed by atoms with Gasteiger partial charge in [-0.2, -0.15) is 0 Å². The molecule has 0 heterocycles. The van der Waals surface area contributed by atoms with E-state index in [1.54, 1.807) is 0 Å². The molecule has 0 nitrogen and oxygen atoms in total. The minimum Gasteiger partial charge on any atom is -0.0622 e. The van der Waals surface area contributed by atoms with Crippen LogP contribution in [0, 0.1) is 22.7 Å². The molecular formula is C11H20. The maximum Gasteiger partial charge on any atom is -0.0238 e. The molecule has 0 N–H and O–H groups in total. The first-order valence-corrected chi connectivity index (χ1v) is 4.99. The lowest BCUT2D eigenvalue weighted by atomic mass is 9.87. The van der Waals surface area contributed by atoms with Crippen molar-refractivity contribution < 1.29 is 0 Å². The zero-order valence-electron chi connectivity index (χ0n) is 8.28.